The van der Waals surface area contributed by atoms with Crippen LogP contribution in [-0.4, -0.2) is 22.0 Å². The van der Waals surface area contributed by atoms with Crippen LogP contribution in [0.3, 0.4) is 0 Å². The quantitative estimate of drug-likeness (QED) is 0.497. The highest BCUT2D eigenvalue weighted by molar-refractivity contribution is 7.80. The number of benzene rings is 2. The summed E-state index contributed by atoms with van der Waals surface area (Å²) in [5, 5.41) is 12.6. The van der Waals surface area contributed by atoms with Crippen molar-refractivity contribution in [1.82, 2.24) is 9.78 Å². The zero-order valence-electron chi connectivity index (χ0n) is 14.2. The van der Waals surface area contributed by atoms with E-state index < -0.39 is 0 Å². The Balaban J connectivity index is 1.65. The summed E-state index contributed by atoms with van der Waals surface area (Å²) >= 11 is 23.5. The Labute approximate surface area is 177 Å². The van der Waals surface area contributed by atoms with Gasteiger partial charge in [0.15, 0.2) is 5.11 Å². The fourth-order valence-corrected chi connectivity index (χ4v) is 3.27. The zero-order chi connectivity index (χ0) is 19.4. The molecule has 140 valence electrons. The van der Waals surface area contributed by atoms with Crippen LogP contribution in [0.25, 0.3) is 0 Å². The molecular weight excluding hydrogens is 427 g/mol. The smallest absolute Gasteiger partial charge is 0.175 e. The lowest BCUT2D eigenvalue weighted by molar-refractivity contribution is 0.417. The SMILES string of the molecule is COc1ccc(Cl)cc1NC(=S)Nc1cnn(Cc2ccc(Cl)cc2Cl)c1. The second-order valence-electron chi connectivity index (χ2n) is 5.59. The van der Waals surface area contributed by atoms with E-state index in [4.69, 9.17) is 51.8 Å². The van der Waals surface area contributed by atoms with Gasteiger partial charge in [0.05, 0.1) is 31.2 Å². The molecular formula is C18H15Cl3N4OS. The van der Waals surface area contributed by atoms with E-state index in [0.717, 1.165) is 11.3 Å². The number of halogens is 3. The van der Waals surface area contributed by atoms with Gasteiger partial charge >= 0.3 is 0 Å². The highest BCUT2D eigenvalue weighted by atomic mass is 35.5. The fourth-order valence-electron chi connectivity index (χ4n) is 2.40. The number of methoxy groups -OCH3 is 1. The minimum Gasteiger partial charge on any atom is -0.495 e. The molecule has 0 spiro atoms. The first-order valence-corrected chi connectivity index (χ1v) is 9.37. The van der Waals surface area contributed by atoms with Crippen LogP contribution in [0.2, 0.25) is 15.1 Å². The van der Waals surface area contributed by atoms with Crippen molar-refractivity contribution >= 4 is 63.5 Å². The summed E-state index contributed by atoms with van der Waals surface area (Å²) < 4.78 is 7.04. The summed E-state index contributed by atoms with van der Waals surface area (Å²) in [6.07, 6.45) is 3.50. The Hall–Kier alpha value is -1.99. The van der Waals surface area contributed by atoms with Crippen molar-refractivity contribution in [2.45, 2.75) is 6.54 Å². The number of nitrogens with one attached hydrogen (secondary N) is 2. The van der Waals surface area contributed by atoms with E-state index in [1.807, 2.05) is 12.3 Å². The van der Waals surface area contributed by atoms with E-state index in [9.17, 15) is 0 Å². The number of hydrogen-bond acceptors (Lipinski definition) is 3. The van der Waals surface area contributed by atoms with Gasteiger partial charge in [-0.25, -0.2) is 0 Å². The van der Waals surface area contributed by atoms with Gasteiger partial charge in [0.1, 0.15) is 5.75 Å². The summed E-state index contributed by atoms with van der Waals surface area (Å²) in [5.74, 6) is 0.636. The van der Waals surface area contributed by atoms with Crippen molar-refractivity contribution in [3.8, 4) is 5.75 Å². The van der Waals surface area contributed by atoms with Crippen molar-refractivity contribution in [3.63, 3.8) is 0 Å². The minimum atomic E-state index is 0.389. The maximum Gasteiger partial charge on any atom is 0.175 e. The Morgan fingerprint density at radius 3 is 2.59 bits per heavy atom. The second kappa shape index (κ2) is 8.80. The normalized spacial score (nSPS) is 10.5. The van der Waals surface area contributed by atoms with Gasteiger partial charge in [0.2, 0.25) is 0 Å². The van der Waals surface area contributed by atoms with Crippen LogP contribution >= 0.6 is 47.0 Å². The zero-order valence-corrected chi connectivity index (χ0v) is 17.3. The number of rotatable bonds is 5. The minimum absolute atomic E-state index is 0.389. The molecule has 0 saturated carbocycles. The molecule has 0 fully saturated rings. The predicted octanol–water partition coefficient (Wildman–Crippen LogP) is 5.71. The molecule has 1 aromatic heterocycles. The van der Waals surface area contributed by atoms with Crippen LogP contribution < -0.4 is 15.4 Å². The molecule has 9 heteroatoms. The first kappa shape index (κ1) is 19.8. The molecule has 0 aliphatic heterocycles. The third-order valence-electron chi connectivity index (χ3n) is 3.65. The van der Waals surface area contributed by atoms with Crippen molar-refractivity contribution in [1.29, 1.82) is 0 Å². The Kier molecular flexibility index (Phi) is 6.44. The van der Waals surface area contributed by atoms with Crippen LogP contribution in [-0.2, 0) is 6.54 Å². The summed E-state index contributed by atoms with van der Waals surface area (Å²) in [4.78, 5) is 0. The molecule has 0 radical (unpaired) electrons. The van der Waals surface area contributed by atoms with E-state index in [1.54, 1.807) is 48.3 Å². The molecule has 2 N–H and O–H groups in total. The highest BCUT2D eigenvalue weighted by Crippen LogP contribution is 2.28. The van der Waals surface area contributed by atoms with Gasteiger partial charge in [0, 0.05) is 21.3 Å². The number of hydrogen-bond donors (Lipinski definition) is 2. The van der Waals surface area contributed by atoms with Crippen LogP contribution in [0.15, 0.2) is 48.8 Å². The van der Waals surface area contributed by atoms with E-state index in [-0.39, 0.29) is 0 Å². The Morgan fingerprint density at radius 1 is 1.11 bits per heavy atom. The lowest BCUT2D eigenvalue weighted by atomic mass is 10.2. The molecule has 1 heterocycles. The third kappa shape index (κ3) is 5.26. The number of aromatic nitrogens is 2. The molecule has 0 saturated heterocycles. The lowest BCUT2D eigenvalue weighted by Crippen LogP contribution is -2.19. The second-order valence-corrected chi connectivity index (χ2v) is 7.27. The standard InChI is InChI=1S/C18H15Cl3N4OS/c1-26-17-5-4-13(20)7-16(17)24-18(27)23-14-8-22-25(10-14)9-11-2-3-12(19)6-15(11)21/h2-8,10H,9H2,1H3,(H2,23,24,27). The maximum absolute atomic E-state index is 6.21. The van der Waals surface area contributed by atoms with Gasteiger partial charge in [-0.1, -0.05) is 40.9 Å². The highest BCUT2D eigenvalue weighted by Gasteiger charge is 2.08. The van der Waals surface area contributed by atoms with E-state index in [2.05, 4.69) is 15.7 Å². The average molecular weight is 442 g/mol. The van der Waals surface area contributed by atoms with E-state index in [1.165, 1.54) is 0 Å². The number of ether oxygens (including phenoxy) is 1. The number of anilines is 2. The van der Waals surface area contributed by atoms with Crippen molar-refractivity contribution in [2.75, 3.05) is 17.7 Å². The van der Waals surface area contributed by atoms with Gasteiger partial charge in [-0.15, -0.1) is 0 Å². The molecule has 0 unspecified atom stereocenters. The fraction of sp³-hybridized carbons (Fsp3) is 0.111. The molecule has 0 atom stereocenters. The van der Waals surface area contributed by atoms with Gasteiger partial charge < -0.3 is 15.4 Å². The van der Waals surface area contributed by atoms with E-state index >= 15 is 0 Å². The molecule has 5 nitrogen and oxygen atoms in total. The van der Waals surface area contributed by atoms with Crippen molar-refractivity contribution < 1.29 is 4.74 Å². The first-order valence-electron chi connectivity index (χ1n) is 7.82. The summed E-state index contributed by atoms with van der Waals surface area (Å²) in [7, 11) is 1.58. The largest absolute Gasteiger partial charge is 0.495 e. The van der Waals surface area contributed by atoms with Gasteiger partial charge in [-0.2, -0.15) is 5.10 Å². The van der Waals surface area contributed by atoms with E-state index in [0.29, 0.717) is 38.2 Å². The molecule has 0 aliphatic rings. The Bertz CT molecular complexity index is 977. The van der Waals surface area contributed by atoms with Crippen LogP contribution in [0.4, 0.5) is 11.4 Å². The topological polar surface area (TPSA) is 51.1 Å². The van der Waals surface area contributed by atoms with Crippen LogP contribution in [0.1, 0.15) is 5.56 Å². The number of thiocarbonyl (C=S) groups is 1. The van der Waals surface area contributed by atoms with Gasteiger partial charge in [0.25, 0.3) is 0 Å². The molecule has 27 heavy (non-hydrogen) atoms. The summed E-state index contributed by atoms with van der Waals surface area (Å²) in [5.41, 5.74) is 2.32. The van der Waals surface area contributed by atoms with Crippen LogP contribution in [0, 0.1) is 0 Å². The molecule has 0 amide bonds. The molecule has 2 aromatic carbocycles. The predicted molar refractivity (Wildman–Crippen MR) is 116 cm³/mol. The van der Waals surface area contributed by atoms with Crippen molar-refractivity contribution in [2.24, 2.45) is 0 Å². The molecule has 0 bridgehead atoms. The maximum atomic E-state index is 6.21. The summed E-state index contributed by atoms with van der Waals surface area (Å²) in [6.45, 7) is 0.514. The molecule has 3 rings (SSSR count). The average Bonchev–Trinajstić information content (AvgIpc) is 3.04. The van der Waals surface area contributed by atoms with Crippen LogP contribution in [0.5, 0.6) is 5.75 Å². The Morgan fingerprint density at radius 2 is 1.85 bits per heavy atom. The summed E-state index contributed by atoms with van der Waals surface area (Å²) in [6, 6.07) is 10.6. The lowest BCUT2D eigenvalue weighted by Gasteiger charge is -2.12. The monoisotopic (exact) mass is 440 g/mol. The number of nitrogens with zero attached hydrogens (tertiary/aromatic N) is 2. The van der Waals surface area contributed by atoms with Crippen molar-refractivity contribution in [3.05, 3.63) is 69.4 Å². The third-order valence-corrected chi connectivity index (χ3v) is 4.67. The van der Waals surface area contributed by atoms with Gasteiger partial charge in [-0.05, 0) is 48.1 Å². The first-order chi connectivity index (χ1) is 12.9. The van der Waals surface area contributed by atoms with Gasteiger partial charge in [-0.3, -0.25) is 4.68 Å². The molecule has 0 aliphatic carbocycles. The molecule has 3 aromatic rings.